The van der Waals surface area contributed by atoms with Gasteiger partial charge >= 0.3 is 0 Å². The van der Waals surface area contributed by atoms with Crippen LogP contribution in [0.1, 0.15) is 63.1 Å². The molecular weight excluding hydrogens is 244 g/mol. The Kier molecular flexibility index (Phi) is 5.62. The first-order valence-corrected chi connectivity index (χ1v) is 8.13. The Morgan fingerprint density at radius 3 is 2.35 bits per heavy atom. The fourth-order valence-corrected chi connectivity index (χ4v) is 3.14. The van der Waals surface area contributed by atoms with E-state index < -0.39 is 0 Å². The Morgan fingerprint density at radius 2 is 1.80 bits per heavy atom. The molecule has 0 amide bonds. The summed E-state index contributed by atoms with van der Waals surface area (Å²) in [5.41, 5.74) is 2.84. The molecule has 0 bridgehead atoms. The fourth-order valence-electron chi connectivity index (χ4n) is 3.14. The largest absolute Gasteiger partial charge is 0.312 e. The molecule has 1 N–H and O–H groups in total. The highest BCUT2D eigenvalue weighted by Gasteiger charge is 2.21. The molecule has 0 aromatic heterocycles. The second-order valence-corrected chi connectivity index (χ2v) is 6.50. The summed E-state index contributed by atoms with van der Waals surface area (Å²) in [5.74, 6) is 0.610. The van der Waals surface area contributed by atoms with Crippen LogP contribution in [-0.4, -0.2) is 31.1 Å². The number of likely N-dealkylation sites (tertiary alicyclic amines) is 1. The third kappa shape index (κ3) is 3.83. The van der Waals surface area contributed by atoms with Crippen LogP contribution in [-0.2, 0) is 0 Å². The van der Waals surface area contributed by atoms with Crippen molar-refractivity contribution in [1.82, 2.24) is 10.2 Å². The lowest BCUT2D eigenvalue weighted by Crippen LogP contribution is -2.42. The standard InChI is InChI=1S/C18H30N2/c1-14(2)16-8-10-17(11-9-16)18(19-4)13-20-12-6-5-7-15(20)3/h8-11,14-15,18-19H,5-7,12-13H2,1-4H3. The summed E-state index contributed by atoms with van der Waals surface area (Å²) >= 11 is 0. The van der Waals surface area contributed by atoms with E-state index in [0.29, 0.717) is 12.0 Å². The molecule has 2 unspecified atom stereocenters. The number of nitrogens with one attached hydrogen (secondary N) is 1. The number of rotatable bonds is 5. The maximum Gasteiger partial charge on any atom is 0.0446 e. The number of piperidine rings is 1. The molecule has 1 saturated heterocycles. The van der Waals surface area contributed by atoms with Gasteiger partial charge in [0.1, 0.15) is 0 Å². The number of nitrogens with zero attached hydrogens (tertiary/aromatic N) is 1. The number of hydrogen-bond donors (Lipinski definition) is 1. The van der Waals surface area contributed by atoms with Crippen LogP contribution in [0.25, 0.3) is 0 Å². The van der Waals surface area contributed by atoms with Crippen molar-refractivity contribution in [2.45, 2.75) is 58.0 Å². The summed E-state index contributed by atoms with van der Waals surface area (Å²) in [6, 6.07) is 10.3. The van der Waals surface area contributed by atoms with Gasteiger partial charge in [0.2, 0.25) is 0 Å². The summed E-state index contributed by atoms with van der Waals surface area (Å²) < 4.78 is 0. The van der Waals surface area contributed by atoms with Gasteiger partial charge in [-0.2, -0.15) is 0 Å². The highest BCUT2D eigenvalue weighted by Crippen LogP contribution is 2.23. The predicted octanol–water partition coefficient (Wildman–Crippen LogP) is 3.94. The molecular formula is C18H30N2. The quantitative estimate of drug-likeness (QED) is 0.874. The summed E-state index contributed by atoms with van der Waals surface area (Å²) in [4.78, 5) is 2.64. The molecule has 1 aliphatic rings. The van der Waals surface area contributed by atoms with Crippen LogP contribution in [0, 0.1) is 0 Å². The number of likely N-dealkylation sites (N-methyl/N-ethyl adjacent to an activating group) is 1. The zero-order valence-corrected chi connectivity index (χ0v) is 13.5. The minimum absolute atomic E-state index is 0.441. The van der Waals surface area contributed by atoms with Gasteiger partial charge in [0.15, 0.2) is 0 Å². The van der Waals surface area contributed by atoms with E-state index in [0.717, 1.165) is 12.6 Å². The van der Waals surface area contributed by atoms with E-state index in [1.165, 1.54) is 36.9 Å². The zero-order chi connectivity index (χ0) is 14.5. The summed E-state index contributed by atoms with van der Waals surface area (Å²) in [7, 11) is 2.08. The topological polar surface area (TPSA) is 15.3 Å². The van der Waals surface area contributed by atoms with E-state index in [9.17, 15) is 0 Å². The van der Waals surface area contributed by atoms with Gasteiger partial charge in [-0.15, -0.1) is 0 Å². The second kappa shape index (κ2) is 7.24. The van der Waals surface area contributed by atoms with E-state index in [1.54, 1.807) is 0 Å². The lowest BCUT2D eigenvalue weighted by molar-refractivity contribution is 0.146. The number of benzene rings is 1. The zero-order valence-electron chi connectivity index (χ0n) is 13.5. The first-order chi connectivity index (χ1) is 9.61. The summed E-state index contributed by atoms with van der Waals surface area (Å²) in [5, 5.41) is 3.49. The van der Waals surface area contributed by atoms with E-state index in [-0.39, 0.29) is 0 Å². The van der Waals surface area contributed by atoms with Crippen molar-refractivity contribution in [3.63, 3.8) is 0 Å². The van der Waals surface area contributed by atoms with Gasteiger partial charge in [0, 0.05) is 18.6 Å². The molecule has 2 nitrogen and oxygen atoms in total. The Hall–Kier alpha value is -0.860. The molecule has 2 atom stereocenters. The molecule has 0 saturated carbocycles. The van der Waals surface area contributed by atoms with Gasteiger partial charge in [-0.05, 0) is 50.4 Å². The van der Waals surface area contributed by atoms with Crippen LogP contribution in [0.15, 0.2) is 24.3 Å². The van der Waals surface area contributed by atoms with E-state index in [4.69, 9.17) is 0 Å². The van der Waals surface area contributed by atoms with E-state index in [1.807, 2.05) is 0 Å². The van der Waals surface area contributed by atoms with Crippen molar-refractivity contribution < 1.29 is 0 Å². The number of hydrogen-bond acceptors (Lipinski definition) is 2. The van der Waals surface area contributed by atoms with Crippen LogP contribution in [0.2, 0.25) is 0 Å². The Bertz CT molecular complexity index is 396. The smallest absolute Gasteiger partial charge is 0.0446 e. The minimum Gasteiger partial charge on any atom is -0.312 e. The van der Waals surface area contributed by atoms with Gasteiger partial charge in [-0.1, -0.05) is 44.5 Å². The molecule has 0 aliphatic carbocycles. The Labute approximate surface area is 124 Å². The molecule has 2 rings (SSSR count). The Balaban J connectivity index is 2.03. The van der Waals surface area contributed by atoms with Crippen molar-refractivity contribution >= 4 is 0 Å². The predicted molar refractivity (Wildman–Crippen MR) is 87.2 cm³/mol. The second-order valence-electron chi connectivity index (χ2n) is 6.50. The van der Waals surface area contributed by atoms with Crippen molar-refractivity contribution in [2.75, 3.05) is 20.1 Å². The molecule has 0 radical (unpaired) electrons. The molecule has 1 aromatic carbocycles. The maximum atomic E-state index is 3.49. The van der Waals surface area contributed by atoms with Crippen LogP contribution < -0.4 is 5.32 Å². The highest BCUT2D eigenvalue weighted by molar-refractivity contribution is 5.27. The van der Waals surface area contributed by atoms with Crippen molar-refractivity contribution in [1.29, 1.82) is 0 Å². The molecule has 1 aliphatic heterocycles. The molecule has 1 aromatic rings. The van der Waals surface area contributed by atoms with Crippen LogP contribution in [0.3, 0.4) is 0 Å². The molecule has 20 heavy (non-hydrogen) atoms. The van der Waals surface area contributed by atoms with Gasteiger partial charge in [-0.3, -0.25) is 4.90 Å². The fraction of sp³-hybridized carbons (Fsp3) is 0.667. The van der Waals surface area contributed by atoms with Crippen molar-refractivity contribution in [2.24, 2.45) is 0 Å². The highest BCUT2D eigenvalue weighted by atomic mass is 15.2. The third-order valence-corrected chi connectivity index (χ3v) is 4.71. The van der Waals surface area contributed by atoms with Crippen molar-refractivity contribution in [3.8, 4) is 0 Å². The molecule has 1 heterocycles. The summed E-state index contributed by atoms with van der Waals surface area (Å²) in [6.07, 6.45) is 4.10. The van der Waals surface area contributed by atoms with Gasteiger partial charge in [0.05, 0.1) is 0 Å². The Morgan fingerprint density at radius 1 is 1.15 bits per heavy atom. The average Bonchev–Trinajstić information content (AvgIpc) is 2.46. The lowest BCUT2D eigenvalue weighted by atomic mass is 9.97. The summed E-state index contributed by atoms with van der Waals surface area (Å²) in [6.45, 7) is 9.25. The first-order valence-electron chi connectivity index (χ1n) is 8.13. The maximum absolute atomic E-state index is 3.49. The monoisotopic (exact) mass is 274 g/mol. The van der Waals surface area contributed by atoms with Crippen LogP contribution in [0.4, 0.5) is 0 Å². The minimum atomic E-state index is 0.441. The van der Waals surface area contributed by atoms with Gasteiger partial charge < -0.3 is 5.32 Å². The average molecular weight is 274 g/mol. The SMILES string of the molecule is CNC(CN1CCCCC1C)c1ccc(C(C)C)cc1. The third-order valence-electron chi connectivity index (χ3n) is 4.71. The molecule has 2 heteroatoms. The van der Waals surface area contributed by atoms with Crippen LogP contribution in [0.5, 0.6) is 0 Å². The van der Waals surface area contributed by atoms with Crippen LogP contribution >= 0.6 is 0 Å². The van der Waals surface area contributed by atoms with E-state index >= 15 is 0 Å². The van der Waals surface area contributed by atoms with Gasteiger partial charge in [-0.25, -0.2) is 0 Å². The normalized spacial score (nSPS) is 22.1. The lowest BCUT2D eigenvalue weighted by Gasteiger charge is -2.36. The first kappa shape index (κ1) is 15.5. The van der Waals surface area contributed by atoms with Gasteiger partial charge in [0.25, 0.3) is 0 Å². The molecule has 112 valence electrons. The molecule has 0 spiro atoms. The van der Waals surface area contributed by atoms with E-state index in [2.05, 4.69) is 62.3 Å². The van der Waals surface area contributed by atoms with Crippen molar-refractivity contribution in [3.05, 3.63) is 35.4 Å². The molecule has 1 fully saturated rings.